The van der Waals surface area contributed by atoms with Gasteiger partial charge in [0.2, 0.25) is 17.4 Å². The third-order valence-electron chi connectivity index (χ3n) is 9.22. The molecule has 5 aliphatic heterocycles. The largest absolute Gasteiger partial charge is 0.492 e. The van der Waals surface area contributed by atoms with Crippen molar-refractivity contribution >= 4 is 29.8 Å². The van der Waals surface area contributed by atoms with Crippen LogP contribution in [0.15, 0.2) is 23.2 Å². The van der Waals surface area contributed by atoms with Crippen molar-refractivity contribution in [2.24, 2.45) is 16.5 Å². The Hall–Kier alpha value is -4.11. The first-order valence-electron chi connectivity index (χ1n) is 14.1. The lowest BCUT2D eigenvalue weighted by molar-refractivity contribution is -0.623. The molecule has 1 unspecified atom stereocenters. The second-order valence-corrected chi connectivity index (χ2v) is 12.5. The first-order chi connectivity index (χ1) is 19.7. The van der Waals surface area contributed by atoms with E-state index in [9.17, 15) is 24.6 Å². The zero-order valence-electron chi connectivity index (χ0n) is 24.0. The van der Waals surface area contributed by atoms with Crippen LogP contribution < -0.4 is 32.2 Å². The molecular formula is C27H38N9O6+. The van der Waals surface area contributed by atoms with Gasteiger partial charge in [-0.25, -0.2) is 14.4 Å². The molecule has 4 amide bonds. The van der Waals surface area contributed by atoms with Gasteiger partial charge in [-0.3, -0.25) is 25.5 Å². The summed E-state index contributed by atoms with van der Waals surface area (Å²) in [4.78, 5) is 46.4. The van der Waals surface area contributed by atoms with Crippen LogP contribution in [0.3, 0.4) is 0 Å². The van der Waals surface area contributed by atoms with Crippen LogP contribution in [0.25, 0.3) is 0 Å². The second-order valence-electron chi connectivity index (χ2n) is 12.5. The number of benzene rings is 1. The molecular weight excluding hydrogens is 546 g/mol. The number of carbonyl (C=O) groups is 3. The summed E-state index contributed by atoms with van der Waals surface area (Å²) in [5.74, 6) is -3.16. The van der Waals surface area contributed by atoms with Crippen molar-refractivity contribution in [2.75, 3.05) is 26.2 Å². The number of aliphatic hydroxyl groups is 2. The van der Waals surface area contributed by atoms with Crippen LogP contribution in [-0.2, 0) is 10.2 Å². The molecule has 1 spiro atoms. The molecule has 1 aromatic carbocycles. The molecule has 0 aromatic heterocycles. The van der Waals surface area contributed by atoms with Gasteiger partial charge in [-0.1, -0.05) is 26.0 Å². The summed E-state index contributed by atoms with van der Waals surface area (Å²) >= 11 is 0. The maximum atomic E-state index is 13.6. The minimum Gasteiger partial charge on any atom is -0.492 e. The Kier molecular flexibility index (Phi) is 6.14. The topological polar surface area (TPSA) is 211 Å². The van der Waals surface area contributed by atoms with Gasteiger partial charge in [0, 0.05) is 11.6 Å². The van der Waals surface area contributed by atoms with Crippen molar-refractivity contribution in [3.63, 3.8) is 0 Å². The predicted octanol–water partition coefficient (Wildman–Crippen LogP) is -2.51. The molecule has 2 fully saturated rings. The number of imide groups is 1. The van der Waals surface area contributed by atoms with E-state index in [1.165, 1.54) is 9.48 Å². The number of fused-ring (bicyclic) bond motifs is 1. The summed E-state index contributed by atoms with van der Waals surface area (Å²) in [7, 11) is 0. The van der Waals surface area contributed by atoms with Crippen molar-refractivity contribution in [2.45, 2.75) is 75.1 Å². The van der Waals surface area contributed by atoms with Crippen molar-refractivity contribution < 1.29 is 33.9 Å². The average Bonchev–Trinajstić information content (AvgIpc) is 3.49. The van der Waals surface area contributed by atoms with E-state index in [4.69, 9.17) is 16.2 Å². The first-order valence-corrected chi connectivity index (χ1v) is 14.1. The van der Waals surface area contributed by atoms with Crippen LogP contribution in [0.5, 0.6) is 5.75 Å². The zero-order valence-corrected chi connectivity index (χ0v) is 24.0. The Morgan fingerprint density at radius 1 is 1.29 bits per heavy atom. The Bertz CT molecular complexity index is 1440. The molecule has 5 heterocycles. The first kappa shape index (κ1) is 28.0. The summed E-state index contributed by atoms with van der Waals surface area (Å²) in [6, 6.07) is 1.61. The van der Waals surface area contributed by atoms with Crippen molar-refractivity contribution in [3.8, 4) is 5.75 Å². The summed E-state index contributed by atoms with van der Waals surface area (Å²) in [6.07, 6.45) is 0.795. The number of guanidine groups is 2. The van der Waals surface area contributed by atoms with Gasteiger partial charge in [0.05, 0.1) is 25.3 Å². The molecule has 15 heteroatoms. The van der Waals surface area contributed by atoms with E-state index in [1.54, 1.807) is 12.1 Å². The van der Waals surface area contributed by atoms with E-state index < -0.39 is 41.5 Å². The number of nitrogens with one attached hydrogen (secondary N) is 3. The molecule has 0 aliphatic carbocycles. The smallest absolute Gasteiger partial charge is 0.346 e. The molecule has 0 saturated carbocycles. The Morgan fingerprint density at radius 3 is 2.71 bits per heavy atom. The molecule has 9 N–H and O–H groups in total. The van der Waals surface area contributed by atoms with E-state index in [1.807, 2.05) is 19.9 Å². The van der Waals surface area contributed by atoms with Gasteiger partial charge in [-0.05, 0) is 31.7 Å². The van der Waals surface area contributed by atoms with E-state index in [-0.39, 0.29) is 54.5 Å². The fourth-order valence-electron chi connectivity index (χ4n) is 6.83. The van der Waals surface area contributed by atoms with E-state index >= 15 is 0 Å². The Balaban J connectivity index is 1.30. The average molecular weight is 585 g/mol. The minimum atomic E-state index is -2.65. The lowest BCUT2D eigenvalue weighted by atomic mass is 9.79. The van der Waals surface area contributed by atoms with Crippen LogP contribution in [-0.4, -0.2) is 116 Å². The van der Waals surface area contributed by atoms with Crippen LogP contribution >= 0.6 is 0 Å². The number of nitrogens with zero attached hydrogens (tertiary/aromatic N) is 4. The van der Waals surface area contributed by atoms with Crippen LogP contribution in [0, 0.1) is 0 Å². The molecule has 1 aromatic rings. The highest BCUT2D eigenvalue weighted by atomic mass is 16.5. The molecule has 226 valence electrons. The van der Waals surface area contributed by atoms with Crippen LogP contribution in [0.4, 0.5) is 4.79 Å². The number of hydrogen-bond acceptors (Lipinski definition) is 11. The highest BCUT2D eigenvalue weighted by Gasteiger charge is 2.75. The van der Waals surface area contributed by atoms with Gasteiger partial charge >= 0.3 is 12.0 Å². The molecule has 15 nitrogen and oxygen atoms in total. The van der Waals surface area contributed by atoms with Crippen molar-refractivity contribution in [1.29, 1.82) is 0 Å². The second kappa shape index (κ2) is 9.19. The van der Waals surface area contributed by atoms with Gasteiger partial charge in [-0.2, -0.15) is 0 Å². The fourth-order valence-corrected chi connectivity index (χ4v) is 6.83. The molecule has 42 heavy (non-hydrogen) atoms. The minimum absolute atomic E-state index is 0.0415. The number of amides is 4. The number of para-hydroxylation sites is 1. The number of urea groups is 1. The molecule has 5 aliphatic rings. The molecule has 0 radical (unpaired) electrons. The lowest BCUT2D eigenvalue weighted by Crippen LogP contribution is -2.79. The van der Waals surface area contributed by atoms with Gasteiger partial charge in [-0.15, -0.1) is 0 Å². The molecule has 2 saturated heterocycles. The standard InChI is InChI=1S/C27H37N9O6/c1-13(2)34-12-18(37)35(24(34)39)10-16-20-26(33-22(28)32-20)27(40,41)17(11-36(26)23(29)30-16)31-21(38)14-6-5-7-15-19(14)42-9-8-25(15,3)4/h5-7,13,16-17,20,40-41H,8-12H2,1-4H3,(H6,28,29,30,31,32,33,38)/p+1/t16-,17?,20-,26-/m0/s1. The Morgan fingerprint density at radius 2 is 2.02 bits per heavy atom. The Labute approximate surface area is 242 Å². The van der Waals surface area contributed by atoms with Crippen LogP contribution in [0.2, 0.25) is 0 Å². The van der Waals surface area contributed by atoms with E-state index in [2.05, 4.69) is 34.8 Å². The highest BCUT2D eigenvalue weighted by Crippen LogP contribution is 2.43. The van der Waals surface area contributed by atoms with Crippen molar-refractivity contribution in [1.82, 2.24) is 25.8 Å². The summed E-state index contributed by atoms with van der Waals surface area (Å²) < 4.78 is 7.37. The van der Waals surface area contributed by atoms with Gasteiger partial charge in [0.15, 0.2) is 5.96 Å². The number of nitrogens with two attached hydrogens (primary N) is 2. The maximum Gasteiger partial charge on any atom is 0.346 e. The molecule has 0 bridgehead atoms. The number of aliphatic imine (C=N–C) groups is 1. The SMILES string of the molecule is CC(C)N1CC(=O)N(C[C@@H]2NC(N)=[N+]3CC(NC(=O)c4cccc5c4OCCC5(C)C)C(O)(O)[C@@]34NC(N)=N[C@@H]24)C1=O. The predicted molar refractivity (Wildman–Crippen MR) is 149 cm³/mol. The monoisotopic (exact) mass is 584 g/mol. The molecule has 4 atom stereocenters. The fraction of sp³-hybridized carbons (Fsp3) is 0.593. The summed E-state index contributed by atoms with van der Waals surface area (Å²) in [5.41, 5.74) is 11.7. The number of carbonyl (C=O) groups excluding carboxylic acids is 3. The zero-order chi connectivity index (χ0) is 30.4. The van der Waals surface area contributed by atoms with Gasteiger partial charge < -0.3 is 36.2 Å². The number of rotatable bonds is 5. The van der Waals surface area contributed by atoms with Crippen molar-refractivity contribution in [3.05, 3.63) is 29.3 Å². The summed E-state index contributed by atoms with van der Waals surface area (Å²) in [6.45, 7) is 7.93. The van der Waals surface area contributed by atoms with E-state index in [0.717, 1.165) is 16.9 Å². The quantitative estimate of drug-likeness (QED) is 0.110. The normalized spacial score (nSPS) is 30.7. The third kappa shape index (κ3) is 3.82. The number of hydrogen-bond donors (Lipinski definition) is 7. The lowest BCUT2D eigenvalue weighted by Gasteiger charge is -2.44. The van der Waals surface area contributed by atoms with Gasteiger partial charge in [0.1, 0.15) is 30.4 Å². The third-order valence-corrected chi connectivity index (χ3v) is 9.22. The van der Waals surface area contributed by atoms with E-state index in [0.29, 0.717) is 12.4 Å². The highest BCUT2D eigenvalue weighted by molar-refractivity contribution is 6.02. The number of ether oxygens (including phenoxy) is 1. The van der Waals surface area contributed by atoms with Crippen LogP contribution in [0.1, 0.15) is 50.0 Å². The van der Waals surface area contributed by atoms with Gasteiger partial charge in [0.25, 0.3) is 5.91 Å². The molecule has 6 rings (SSSR count). The maximum absolute atomic E-state index is 13.6. The summed E-state index contributed by atoms with van der Waals surface area (Å²) in [5, 5.41) is 32.3.